The van der Waals surface area contributed by atoms with Crippen molar-refractivity contribution in [3.05, 3.63) is 21.6 Å². The van der Waals surface area contributed by atoms with Crippen LogP contribution in [0.3, 0.4) is 0 Å². The van der Waals surface area contributed by atoms with Gasteiger partial charge in [0.2, 0.25) is 10.0 Å². The summed E-state index contributed by atoms with van der Waals surface area (Å²) in [5.41, 5.74) is 5.50. The monoisotopic (exact) mass is 398 g/mol. The highest BCUT2D eigenvalue weighted by atomic mass is 79.9. The molecule has 0 radical (unpaired) electrons. The van der Waals surface area contributed by atoms with Crippen molar-refractivity contribution in [2.24, 2.45) is 5.41 Å². The number of nitrogen functional groups attached to an aromatic ring is 1. The van der Waals surface area contributed by atoms with Gasteiger partial charge in [-0.05, 0) is 40.9 Å². The molecule has 1 aromatic carbocycles. The second kappa shape index (κ2) is 7.28. The molecule has 0 aromatic heterocycles. The maximum atomic E-state index is 12.4. The van der Waals surface area contributed by atoms with Crippen molar-refractivity contribution < 1.29 is 13.5 Å². The predicted molar refractivity (Wildman–Crippen MR) is 88.9 cm³/mol. The number of rotatable bonds is 7. The molecule has 1 aromatic rings. The van der Waals surface area contributed by atoms with Crippen LogP contribution >= 0.6 is 27.5 Å². The van der Waals surface area contributed by atoms with Gasteiger partial charge in [0.1, 0.15) is 0 Å². The van der Waals surface area contributed by atoms with Crippen molar-refractivity contribution in [1.82, 2.24) is 4.72 Å². The Labute approximate surface area is 139 Å². The first-order valence-electron chi connectivity index (χ1n) is 6.56. The zero-order chi connectivity index (χ0) is 16.3. The van der Waals surface area contributed by atoms with Crippen molar-refractivity contribution >= 4 is 43.2 Å². The fourth-order valence-corrected chi connectivity index (χ4v) is 4.33. The van der Waals surface area contributed by atoms with Gasteiger partial charge < -0.3 is 10.8 Å². The van der Waals surface area contributed by atoms with Gasteiger partial charge in [0, 0.05) is 29.3 Å². The molecule has 1 rings (SSSR count). The number of benzene rings is 1. The van der Waals surface area contributed by atoms with Crippen molar-refractivity contribution in [2.75, 3.05) is 18.9 Å². The highest BCUT2D eigenvalue weighted by Gasteiger charge is 2.29. The smallest absolute Gasteiger partial charge is 0.241 e. The quantitative estimate of drug-likeness (QED) is 0.615. The van der Waals surface area contributed by atoms with Crippen LogP contribution in [0.5, 0.6) is 0 Å². The standard InChI is InChI=1S/C13H20BrClN2O3S/c1-3-13(4-2,8-18)7-17-21(19,20)11-6-9(15)5-10(16)12(11)14/h5-6,17-18H,3-4,7-8,16H2,1-2H3. The third-order valence-electron chi connectivity index (χ3n) is 3.79. The molecule has 8 heteroatoms. The molecule has 0 aliphatic rings. The number of aliphatic hydroxyl groups is 1. The van der Waals surface area contributed by atoms with Crippen LogP contribution in [0.25, 0.3) is 0 Å². The van der Waals surface area contributed by atoms with Gasteiger partial charge in [0.25, 0.3) is 0 Å². The lowest BCUT2D eigenvalue weighted by atomic mass is 9.84. The molecule has 0 heterocycles. The van der Waals surface area contributed by atoms with E-state index in [9.17, 15) is 13.5 Å². The van der Waals surface area contributed by atoms with Gasteiger partial charge in [0.05, 0.1) is 9.37 Å². The summed E-state index contributed by atoms with van der Waals surface area (Å²) in [6.07, 6.45) is 1.34. The average molecular weight is 400 g/mol. The Bertz CT molecular complexity index is 595. The number of nitrogens with two attached hydrogens (primary N) is 1. The molecule has 4 N–H and O–H groups in total. The Balaban J connectivity index is 3.08. The van der Waals surface area contributed by atoms with Crippen LogP contribution in [-0.2, 0) is 10.0 Å². The van der Waals surface area contributed by atoms with Crippen molar-refractivity contribution in [2.45, 2.75) is 31.6 Å². The highest BCUT2D eigenvalue weighted by molar-refractivity contribution is 9.10. The van der Waals surface area contributed by atoms with E-state index in [1.807, 2.05) is 13.8 Å². The molecule has 0 saturated heterocycles. The molecule has 0 aliphatic heterocycles. The number of aliphatic hydroxyl groups excluding tert-OH is 1. The summed E-state index contributed by atoms with van der Waals surface area (Å²) in [5.74, 6) is 0. The van der Waals surface area contributed by atoms with E-state index in [2.05, 4.69) is 20.7 Å². The number of halogens is 2. The lowest BCUT2D eigenvalue weighted by molar-refractivity contribution is 0.119. The molecule has 0 atom stereocenters. The summed E-state index contributed by atoms with van der Waals surface area (Å²) in [7, 11) is -3.77. The molecule has 21 heavy (non-hydrogen) atoms. The van der Waals surface area contributed by atoms with Gasteiger partial charge in [-0.15, -0.1) is 0 Å². The van der Waals surface area contributed by atoms with Gasteiger partial charge in [-0.25, -0.2) is 13.1 Å². The highest BCUT2D eigenvalue weighted by Crippen LogP contribution is 2.32. The second-order valence-corrected chi connectivity index (χ2v) is 7.96. The van der Waals surface area contributed by atoms with E-state index >= 15 is 0 Å². The molecular weight excluding hydrogens is 380 g/mol. The lowest BCUT2D eigenvalue weighted by Gasteiger charge is -2.29. The summed E-state index contributed by atoms with van der Waals surface area (Å²) in [4.78, 5) is -0.00783. The van der Waals surface area contributed by atoms with Crippen LogP contribution < -0.4 is 10.5 Å². The predicted octanol–water partition coefficient (Wildman–Crippen LogP) is 2.76. The zero-order valence-corrected chi connectivity index (χ0v) is 15.1. The lowest BCUT2D eigenvalue weighted by Crippen LogP contribution is -2.39. The summed E-state index contributed by atoms with van der Waals surface area (Å²) in [6, 6.07) is 2.81. The van der Waals surface area contributed by atoms with Crippen molar-refractivity contribution in [3.8, 4) is 0 Å². The van der Waals surface area contributed by atoms with Crippen LogP contribution in [-0.4, -0.2) is 26.7 Å². The molecule has 0 fully saturated rings. The van der Waals surface area contributed by atoms with Gasteiger partial charge in [-0.3, -0.25) is 0 Å². The summed E-state index contributed by atoms with van der Waals surface area (Å²) in [5, 5.41) is 9.75. The number of hydrogen-bond donors (Lipinski definition) is 3. The van der Waals surface area contributed by atoms with Crippen LogP contribution in [0.15, 0.2) is 21.5 Å². The Morgan fingerprint density at radius 2 is 1.95 bits per heavy atom. The Hall–Kier alpha value is -0.340. The Morgan fingerprint density at radius 1 is 1.38 bits per heavy atom. The maximum absolute atomic E-state index is 12.4. The maximum Gasteiger partial charge on any atom is 0.241 e. The fraction of sp³-hybridized carbons (Fsp3) is 0.538. The van der Waals surface area contributed by atoms with E-state index in [4.69, 9.17) is 17.3 Å². The minimum Gasteiger partial charge on any atom is -0.398 e. The van der Waals surface area contributed by atoms with E-state index in [-0.39, 0.29) is 33.2 Å². The topological polar surface area (TPSA) is 92.4 Å². The summed E-state index contributed by atoms with van der Waals surface area (Å²) < 4.78 is 27.6. The number of sulfonamides is 1. The van der Waals surface area contributed by atoms with Gasteiger partial charge in [0.15, 0.2) is 0 Å². The zero-order valence-electron chi connectivity index (χ0n) is 12.0. The average Bonchev–Trinajstić information content (AvgIpc) is 2.45. The largest absolute Gasteiger partial charge is 0.398 e. The van der Waals surface area contributed by atoms with Crippen molar-refractivity contribution in [1.29, 1.82) is 0 Å². The second-order valence-electron chi connectivity index (χ2n) is 5.00. The summed E-state index contributed by atoms with van der Waals surface area (Å²) in [6.45, 7) is 3.90. The van der Waals surface area contributed by atoms with Gasteiger partial charge in [-0.1, -0.05) is 25.4 Å². The minimum absolute atomic E-state index is 0.00783. The minimum atomic E-state index is -3.77. The molecular formula is C13H20BrClN2O3S. The molecule has 120 valence electrons. The third-order valence-corrected chi connectivity index (χ3v) is 6.59. The summed E-state index contributed by atoms with van der Waals surface area (Å²) >= 11 is 9.04. The van der Waals surface area contributed by atoms with Crippen LogP contribution in [0.4, 0.5) is 5.69 Å². The number of nitrogens with one attached hydrogen (secondary N) is 1. The number of anilines is 1. The van der Waals surface area contributed by atoms with Gasteiger partial charge in [-0.2, -0.15) is 0 Å². The molecule has 0 saturated carbocycles. The molecule has 0 spiro atoms. The molecule has 0 unspecified atom stereocenters. The Kier molecular flexibility index (Phi) is 6.49. The van der Waals surface area contributed by atoms with Crippen LogP contribution in [0.2, 0.25) is 5.02 Å². The SMILES string of the molecule is CCC(CC)(CO)CNS(=O)(=O)c1cc(Cl)cc(N)c1Br. The van der Waals surface area contributed by atoms with E-state index in [1.165, 1.54) is 12.1 Å². The molecule has 0 amide bonds. The molecule has 0 aliphatic carbocycles. The van der Waals surface area contributed by atoms with Crippen LogP contribution in [0, 0.1) is 5.41 Å². The van der Waals surface area contributed by atoms with E-state index in [1.54, 1.807) is 0 Å². The van der Waals surface area contributed by atoms with E-state index < -0.39 is 15.4 Å². The van der Waals surface area contributed by atoms with Gasteiger partial charge >= 0.3 is 0 Å². The third kappa shape index (κ3) is 4.32. The van der Waals surface area contributed by atoms with E-state index in [0.29, 0.717) is 12.8 Å². The number of hydrogen-bond acceptors (Lipinski definition) is 4. The Morgan fingerprint density at radius 3 is 2.43 bits per heavy atom. The van der Waals surface area contributed by atoms with Crippen molar-refractivity contribution in [3.63, 3.8) is 0 Å². The first kappa shape index (κ1) is 18.7. The fourth-order valence-electron chi connectivity index (χ4n) is 1.89. The normalized spacial score (nSPS) is 12.6. The molecule has 0 bridgehead atoms. The molecule has 5 nitrogen and oxygen atoms in total. The van der Waals surface area contributed by atoms with E-state index in [0.717, 1.165) is 0 Å². The first-order chi connectivity index (χ1) is 9.71. The first-order valence-corrected chi connectivity index (χ1v) is 9.22. The van der Waals surface area contributed by atoms with Crippen LogP contribution in [0.1, 0.15) is 26.7 Å².